The average molecular weight is 555 g/mol. The number of morpholine rings is 1. The molecule has 1 aliphatic heterocycles. The first-order chi connectivity index (χ1) is 17.9. The quantitative estimate of drug-likeness (QED) is 0.337. The highest BCUT2D eigenvalue weighted by atomic mass is 32.2. The van der Waals surface area contributed by atoms with Crippen LogP contribution in [0.25, 0.3) is 0 Å². The summed E-state index contributed by atoms with van der Waals surface area (Å²) in [5.74, 6) is -0.342. The summed E-state index contributed by atoms with van der Waals surface area (Å²) in [5, 5.41) is 5.41. The molecule has 0 amide bonds. The number of aromatic nitrogens is 3. The molecular formula is C23H29F3N8O3S. The molecule has 11 nitrogen and oxygen atoms in total. The normalized spacial score (nSPS) is 15.3. The number of anilines is 3. The lowest BCUT2D eigenvalue weighted by Crippen LogP contribution is -2.34. The summed E-state index contributed by atoms with van der Waals surface area (Å²) in [6.45, 7) is 7.97. The lowest BCUT2D eigenvalue weighted by atomic mass is 10.2. The third-order valence-corrected chi connectivity index (χ3v) is 6.77. The van der Waals surface area contributed by atoms with Crippen molar-refractivity contribution in [1.29, 1.82) is 0 Å². The lowest BCUT2D eigenvalue weighted by Gasteiger charge is -2.29. The van der Waals surface area contributed by atoms with Gasteiger partial charge in [0.25, 0.3) is 0 Å². The van der Waals surface area contributed by atoms with Gasteiger partial charge in [-0.3, -0.25) is 4.31 Å². The van der Waals surface area contributed by atoms with Gasteiger partial charge in [0.05, 0.1) is 19.5 Å². The van der Waals surface area contributed by atoms with Gasteiger partial charge in [-0.1, -0.05) is 6.07 Å². The molecule has 0 radical (unpaired) electrons. The van der Waals surface area contributed by atoms with Gasteiger partial charge >= 0.3 is 6.18 Å². The number of hydrogen-bond donors (Lipinski definition) is 2. The molecule has 0 saturated carbocycles. The van der Waals surface area contributed by atoms with Crippen LogP contribution in [-0.2, 0) is 27.5 Å². The van der Waals surface area contributed by atoms with Crippen LogP contribution in [0.2, 0.25) is 0 Å². The molecule has 3 heterocycles. The number of nitrogens with one attached hydrogen (secondary N) is 2. The minimum Gasteiger partial charge on any atom is -0.378 e. The summed E-state index contributed by atoms with van der Waals surface area (Å²) in [7, 11) is -2.34. The van der Waals surface area contributed by atoms with Crippen LogP contribution >= 0.6 is 0 Å². The summed E-state index contributed by atoms with van der Waals surface area (Å²) < 4.78 is 71.3. The predicted molar refractivity (Wildman–Crippen MR) is 139 cm³/mol. The molecule has 0 spiro atoms. The molecule has 206 valence electrons. The van der Waals surface area contributed by atoms with Crippen LogP contribution in [0.15, 0.2) is 53.2 Å². The number of nitrogens with zero attached hydrogens (tertiary/aromatic N) is 6. The van der Waals surface area contributed by atoms with Gasteiger partial charge in [0.2, 0.25) is 16.0 Å². The maximum atomic E-state index is 13.7. The van der Waals surface area contributed by atoms with Gasteiger partial charge in [-0.2, -0.15) is 18.2 Å². The molecule has 1 aliphatic rings. The summed E-state index contributed by atoms with van der Waals surface area (Å²) in [6, 6.07) is 3.10. The molecule has 0 bridgehead atoms. The Morgan fingerprint density at radius 2 is 2.00 bits per heavy atom. The molecule has 1 saturated heterocycles. The SMILES string of the molecule is C=N/C(=C\C=C(/C)N1CCOCC1)Nc1ncc(C(F)(F)F)c(NCc2cccnc2N(C)S(C)(=O)=O)n1. The predicted octanol–water partition coefficient (Wildman–Crippen LogP) is 3.09. The van der Waals surface area contributed by atoms with Crippen LogP contribution < -0.4 is 14.9 Å². The molecule has 3 rings (SSSR count). The first kappa shape index (κ1) is 28.8. The average Bonchev–Trinajstić information content (AvgIpc) is 2.88. The molecular weight excluding hydrogens is 525 g/mol. The van der Waals surface area contributed by atoms with Crippen molar-refractivity contribution in [1.82, 2.24) is 19.9 Å². The molecule has 0 unspecified atom stereocenters. The van der Waals surface area contributed by atoms with Crippen molar-refractivity contribution in [3.63, 3.8) is 0 Å². The van der Waals surface area contributed by atoms with Crippen LogP contribution in [0.1, 0.15) is 18.1 Å². The van der Waals surface area contributed by atoms with Crippen molar-refractivity contribution >= 4 is 34.3 Å². The third-order valence-electron chi connectivity index (χ3n) is 5.61. The number of allylic oxidation sites excluding steroid dienone is 3. The molecule has 0 atom stereocenters. The molecule has 0 aliphatic carbocycles. The number of ether oxygens (including phenoxy) is 1. The Bertz CT molecular complexity index is 1310. The second kappa shape index (κ2) is 12.2. The van der Waals surface area contributed by atoms with Gasteiger partial charge in [0.1, 0.15) is 23.0 Å². The molecule has 0 aromatic carbocycles. The summed E-state index contributed by atoms with van der Waals surface area (Å²) >= 11 is 0. The second-order valence-corrected chi connectivity index (χ2v) is 10.3. The van der Waals surface area contributed by atoms with Crippen molar-refractivity contribution in [2.75, 3.05) is 54.5 Å². The fraction of sp³-hybridized carbons (Fsp3) is 0.391. The van der Waals surface area contributed by atoms with E-state index in [4.69, 9.17) is 4.74 Å². The number of alkyl halides is 3. The van der Waals surface area contributed by atoms with Crippen LogP contribution in [0, 0.1) is 0 Å². The Labute approximate surface area is 219 Å². The number of halogens is 3. The van der Waals surface area contributed by atoms with E-state index in [0.29, 0.717) is 25.0 Å². The van der Waals surface area contributed by atoms with Crippen molar-refractivity contribution in [3.05, 3.63) is 59.3 Å². The van der Waals surface area contributed by atoms with Gasteiger partial charge in [-0.15, -0.1) is 0 Å². The highest BCUT2D eigenvalue weighted by Crippen LogP contribution is 2.34. The smallest absolute Gasteiger partial charge is 0.378 e. The van der Waals surface area contributed by atoms with Crippen LogP contribution in [0.5, 0.6) is 0 Å². The van der Waals surface area contributed by atoms with E-state index >= 15 is 0 Å². The van der Waals surface area contributed by atoms with E-state index in [2.05, 4.69) is 42.2 Å². The highest BCUT2D eigenvalue weighted by molar-refractivity contribution is 7.92. The third kappa shape index (κ3) is 7.64. The van der Waals surface area contributed by atoms with Crippen molar-refractivity contribution < 1.29 is 26.3 Å². The fourth-order valence-corrected chi connectivity index (χ4v) is 3.92. The Balaban J connectivity index is 1.85. The maximum Gasteiger partial charge on any atom is 0.421 e. The first-order valence-corrected chi connectivity index (χ1v) is 13.3. The monoisotopic (exact) mass is 554 g/mol. The Kier molecular flexibility index (Phi) is 9.27. The Morgan fingerprint density at radius 1 is 1.29 bits per heavy atom. The van der Waals surface area contributed by atoms with E-state index in [0.717, 1.165) is 29.3 Å². The van der Waals surface area contributed by atoms with Gasteiger partial charge in [0.15, 0.2) is 0 Å². The second-order valence-electron chi connectivity index (χ2n) is 8.27. The number of pyridine rings is 1. The molecule has 15 heteroatoms. The summed E-state index contributed by atoms with van der Waals surface area (Å²) in [4.78, 5) is 17.8. The zero-order chi connectivity index (χ0) is 27.9. The van der Waals surface area contributed by atoms with E-state index in [1.807, 2.05) is 6.92 Å². The number of rotatable bonds is 10. The van der Waals surface area contributed by atoms with E-state index in [1.165, 1.54) is 13.2 Å². The van der Waals surface area contributed by atoms with Gasteiger partial charge in [-0.05, 0) is 31.9 Å². The molecule has 1 fully saturated rings. The highest BCUT2D eigenvalue weighted by Gasteiger charge is 2.35. The number of aliphatic imine (C=N–C) groups is 1. The van der Waals surface area contributed by atoms with Crippen molar-refractivity contribution in [3.8, 4) is 0 Å². The van der Waals surface area contributed by atoms with Gasteiger partial charge in [-0.25, -0.2) is 23.4 Å². The van der Waals surface area contributed by atoms with Crippen molar-refractivity contribution in [2.45, 2.75) is 19.6 Å². The van der Waals surface area contributed by atoms with Crippen LogP contribution in [0.3, 0.4) is 0 Å². The van der Waals surface area contributed by atoms with E-state index < -0.39 is 27.6 Å². The van der Waals surface area contributed by atoms with Gasteiger partial charge in [0, 0.05) is 50.3 Å². The Hall–Kier alpha value is -3.72. The lowest BCUT2D eigenvalue weighted by molar-refractivity contribution is -0.137. The summed E-state index contributed by atoms with van der Waals surface area (Å²) in [5.41, 5.74) is 0.210. The minimum atomic E-state index is -4.74. The zero-order valence-electron chi connectivity index (χ0n) is 21.2. The van der Waals surface area contributed by atoms with Crippen LogP contribution in [-0.4, -0.2) is 74.6 Å². The van der Waals surface area contributed by atoms with Crippen LogP contribution in [0.4, 0.5) is 30.8 Å². The van der Waals surface area contributed by atoms with Crippen molar-refractivity contribution in [2.24, 2.45) is 4.99 Å². The molecule has 2 aromatic heterocycles. The molecule has 2 N–H and O–H groups in total. The molecule has 2 aromatic rings. The summed E-state index contributed by atoms with van der Waals surface area (Å²) in [6.07, 6.45) is 1.72. The standard InChI is InChI=1S/C23H29F3N8O3S/c1-16(34-10-12-37-13-11-34)7-8-19(27-2)31-22-30-15-18(23(24,25)26)20(32-22)29-14-17-6-5-9-28-21(17)33(3)38(4,35)36/h5-9,15H,2,10-14H2,1,3-4H3,(H2,29,30,31,32)/b16-7+,19-8+. The van der Waals surface area contributed by atoms with E-state index in [1.54, 1.807) is 24.3 Å². The Morgan fingerprint density at radius 3 is 2.63 bits per heavy atom. The minimum absolute atomic E-state index is 0.0759. The largest absolute Gasteiger partial charge is 0.421 e. The topological polar surface area (TPSA) is 125 Å². The first-order valence-electron chi connectivity index (χ1n) is 11.4. The zero-order valence-corrected chi connectivity index (χ0v) is 22.0. The van der Waals surface area contributed by atoms with E-state index in [9.17, 15) is 21.6 Å². The van der Waals surface area contributed by atoms with Gasteiger partial charge < -0.3 is 20.3 Å². The number of hydrogen-bond acceptors (Lipinski definition) is 10. The molecule has 38 heavy (non-hydrogen) atoms. The van der Waals surface area contributed by atoms with E-state index in [-0.39, 0.29) is 24.1 Å². The number of sulfonamides is 1. The maximum absolute atomic E-state index is 13.7. The fourth-order valence-electron chi connectivity index (χ4n) is 3.44.